The molecule has 72 valence electrons. The Kier molecular flexibility index (Phi) is 3.23. The van der Waals surface area contributed by atoms with Gasteiger partial charge in [-0.15, -0.1) is 0 Å². The average Bonchev–Trinajstić information content (AvgIpc) is 2.19. The minimum atomic E-state index is -0.138. The molecule has 0 bridgehead atoms. The van der Waals surface area contributed by atoms with Crippen molar-refractivity contribution in [2.24, 2.45) is 0 Å². The number of ether oxygens (including phenoxy) is 1. The van der Waals surface area contributed by atoms with Crippen LogP contribution in [0.5, 0.6) is 6.01 Å². The molecule has 1 heterocycles. The van der Waals surface area contributed by atoms with E-state index < -0.39 is 0 Å². The zero-order valence-electron chi connectivity index (χ0n) is 8.45. The van der Waals surface area contributed by atoms with Crippen LogP contribution in [0.25, 0.3) is 0 Å². The van der Waals surface area contributed by atoms with Crippen molar-refractivity contribution in [3.63, 3.8) is 0 Å². The molecule has 0 atom stereocenters. The Labute approximate surface area is 79.2 Å². The molecule has 1 aromatic heterocycles. The van der Waals surface area contributed by atoms with E-state index in [2.05, 4.69) is 30.7 Å². The topological polar surface area (TPSA) is 35.0 Å². The number of aromatic nitrogens is 2. The Balaban J connectivity index is 2.68. The lowest BCUT2D eigenvalue weighted by Crippen LogP contribution is -2.31. The summed E-state index contributed by atoms with van der Waals surface area (Å²) in [5, 5.41) is 0. The summed E-state index contributed by atoms with van der Waals surface area (Å²) in [6, 6.07) is 2.25. The maximum atomic E-state index is 5.68. The van der Waals surface area contributed by atoms with Crippen molar-refractivity contribution >= 4 is 0 Å². The summed E-state index contributed by atoms with van der Waals surface area (Å²) in [6.07, 6.45) is 5.30. The molecule has 0 spiro atoms. The highest BCUT2D eigenvalue weighted by Crippen LogP contribution is 2.20. The van der Waals surface area contributed by atoms with E-state index in [9.17, 15) is 0 Å². The zero-order valence-corrected chi connectivity index (χ0v) is 8.45. The maximum Gasteiger partial charge on any atom is 0.316 e. The third kappa shape index (κ3) is 2.68. The second-order valence-corrected chi connectivity index (χ2v) is 3.29. The van der Waals surface area contributed by atoms with Crippen molar-refractivity contribution < 1.29 is 4.74 Å². The van der Waals surface area contributed by atoms with Crippen LogP contribution in [0.4, 0.5) is 0 Å². The van der Waals surface area contributed by atoms with Crippen LogP contribution in [-0.4, -0.2) is 15.6 Å². The predicted molar refractivity (Wildman–Crippen MR) is 51.6 cm³/mol. The van der Waals surface area contributed by atoms with Crippen LogP contribution in [0.3, 0.4) is 0 Å². The summed E-state index contributed by atoms with van der Waals surface area (Å²) in [6.45, 7) is 6.28. The van der Waals surface area contributed by atoms with Crippen molar-refractivity contribution in [1.82, 2.24) is 9.97 Å². The van der Waals surface area contributed by atoms with E-state index in [4.69, 9.17) is 4.74 Å². The molecule has 0 aliphatic heterocycles. The summed E-state index contributed by atoms with van der Waals surface area (Å²) < 4.78 is 5.68. The Morgan fingerprint density at radius 1 is 1.23 bits per heavy atom. The first-order valence-corrected chi connectivity index (χ1v) is 4.66. The molecule has 0 saturated heterocycles. The second-order valence-electron chi connectivity index (χ2n) is 3.29. The normalized spacial score (nSPS) is 11.3. The van der Waals surface area contributed by atoms with Gasteiger partial charge in [0.15, 0.2) is 0 Å². The summed E-state index contributed by atoms with van der Waals surface area (Å²) in [4.78, 5) is 8.05. The molecule has 0 N–H and O–H groups in total. The summed E-state index contributed by atoms with van der Waals surface area (Å²) >= 11 is 0. The fourth-order valence-electron chi connectivity index (χ4n) is 0.953. The molecule has 0 aromatic carbocycles. The highest BCUT2D eigenvalue weighted by Gasteiger charge is 2.22. The van der Waals surface area contributed by atoms with Crippen LogP contribution in [0.2, 0.25) is 0 Å². The van der Waals surface area contributed by atoms with Crippen molar-refractivity contribution in [1.29, 1.82) is 0 Å². The van der Waals surface area contributed by atoms with Gasteiger partial charge in [-0.05, 0) is 25.8 Å². The summed E-state index contributed by atoms with van der Waals surface area (Å²) in [7, 11) is 0. The van der Waals surface area contributed by atoms with Gasteiger partial charge in [-0.3, -0.25) is 0 Å². The minimum absolute atomic E-state index is 0.138. The van der Waals surface area contributed by atoms with Gasteiger partial charge >= 0.3 is 6.01 Å². The van der Waals surface area contributed by atoms with Crippen LogP contribution < -0.4 is 4.74 Å². The largest absolute Gasteiger partial charge is 0.457 e. The van der Waals surface area contributed by atoms with Crippen LogP contribution in [-0.2, 0) is 0 Å². The molecule has 0 radical (unpaired) electrons. The van der Waals surface area contributed by atoms with Gasteiger partial charge in [0.25, 0.3) is 0 Å². The van der Waals surface area contributed by atoms with E-state index in [-0.39, 0.29) is 5.60 Å². The first-order valence-electron chi connectivity index (χ1n) is 4.66. The molecule has 0 unspecified atom stereocenters. The monoisotopic (exact) mass is 180 g/mol. The van der Waals surface area contributed by atoms with Crippen molar-refractivity contribution in [2.75, 3.05) is 0 Å². The average molecular weight is 180 g/mol. The molecule has 1 rings (SSSR count). The van der Waals surface area contributed by atoms with Crippen molar-refractivity contribution in [3.05, 3.63) is 18.5 Å². The molecule has 13 heavy (non-hydrogen) atoms. The van der Waals surface area contributed by atoms with Gasteiger partial charge < -0.3 is 4.74 Å². The lowest BCUT2D eigenvalue weighted by Gasteiger charge is -2.26. The molecule has 0 aliphatic carbocycles. The van der Waals surface area contributed by atoms with E-state index in [0.29, 0.717) is 6.01 Å². The molecule has 3 heteroatoms. The minimum Gasteiger partial charge on any atom is -0.457 e. The van der Waals surface area contributed by atoms with Gasteiger partial charge in [-0.1, -0.05) is 13.8 Å². The second kappa shape index (κ2) is 4.21. The first kappa shape index (κ1) is 9.96. The van der Waals surface area contributed by atoms with E-state index in [1.807, 2.05) is 0 Å². The van der Waals surface area contributed by atoms with Gasteiger partial charge in [-0.2, -0.15) is 0 Å². The molecule has 0 saturated carbocycles. The van der Waals surface area contributed by atoms with E-state index in [1.165, 1.54) is 0 Å². The first-order chi connectivity index (χ1) is 6.20. The number of hydrogen-bond acceptors (Lipinski definition) is 3. The molecule has 3 nitrogen and oxygen atoms in total. The maximum absolute atomic E-state index is 5.68. The van der Waals surface area contributed by atoms with Crippen LogP contribution in [0, 0.1) is 0 Å². The third-order valence-corrected chi connectivity index (χ3v) is 2.38. The van der Waals surface area contributed by atoms with Gasteiger partial charge in [0.05, 0.1) is 0 Å². The van der Waals surface area contributed by atoms with Crippen molar-refractivity contribution in [2.45, 2.75) is 39.2 Å². The Morgan fingerprint density at radius 2 is 1.77 bits per heavy atom. The zero-order chi connectivity index (χ0) is 9.73. The van der Waals surface area contributed by atoms with Crippen LogP contribution >= 0.6 is 0 Å². The third-order valence-electron chi connectivity index (χ3n) is 2.38. The van der Waals surface area contributed by atoms with Crippen molar-refractivity contribution in [3.8, 4) is 6.01 Å². The molecule has 0 amide bonds. The molecular weight excluding hydrogens is 164 g/mol. The number of hydrogen-bond donors (Lipinski definition) is 0. The van der Waals surface area contributed by atoms with E-state index >= 15 is 0 Å². The lowest BCUT2D eigenvalue weighted by atomic mass is 10.0. The number of rotatable bonds is 4. The van der Waals surface area contributed by atoms with E-state index in [1.54, 1.807) is 18.5 Å². The highest BCUT2D eigenvalue weighted by molar-refractivity contribution is 4.96. The number of nitrogens with zero attached hydrogens (tertiary/aromatic N) is 2. The summed E-state index contributed by atoms with van der Waals surface area (Å²) in [5.41, 5.74) is -0.138. The van der Waals surface area contributed by atoms with Crippen LogP contribution in [0.15, 0.2) is 18.5 Å². The van der Waals surface area contributed by atoms with Gasteiger partial charge in [0.2, 0.25) is 0 Å². The molecule has 0 aliphatic rings. The molecular formula is C10H16N2O. The van der Waals surface area contributed by atoms with Gasteiger partial charge in [0.1, 0.15) is 5.60 Å². The van der Waals surface area contributed by atoms with Gasteiger partial charge in [0, 0.05) is 12.4 Å². The Bertz CT molecular complexity index is 244. The lowest BCUT2D eigenvalue weighted by molar-refractivity contribution is 0.0688. The molecule has 0 fully saturated rings. The highest BCUT2D eigenvalue weighted by atomic mass is 16.5. The summed E-state index contributed by atoms with van der Waals surface area (Å²) in [5.74, 6) is 0. The Hall–Kier alpha value is -1.12. The molecule has 1 aromatic rings. The van der Waals surface area contributed by atoms with Crippen LogP contribution in [0.1, 0.15) is 33.6 Å². The predicted octanol–water partition coefficient (Wildman–Crippen LogP) is 2.43. The standard InChI is InChI=1S/C10H16N2O/c1-4-10(3,5-2)13-9-11-7-6-8-12-9/h6-8H,4-5H2,1-3H3. The van der Waals surface area contributed by atoms with E-state index in [0.717, 1.165) is 12.8 Å². The van der Waals surface area contributed by atoms with Gasteiger partial charge in [-0.25, -0.2) is 9.97 Å². The quantitative estimate of drug-likeness (QED) is 0.713. The fraction of sp³-hybridized carbons (Fsp3) is 0.600. The smallest absolute Gasteiger partial charge is 0.316 e. The Morgan fingerprint density at radius 3 is 2.23 bits per heavy atom. The SMILES string of the molecule is CCC(C)(CC)Oc1ncccn1. The fourth-order valence-corrected chi connectivity index (χ4v) is 0.953.